The molecular formula is C19H21F2N3O. The predicted octanol–water partition coefficient (Wildman–Crippen LogP) is 2.18. The van der Waals surface area contributed by atoms with E-state index in [2.05, 4.69) is 0 Å². The maximum atomic E-state index is 13.9. The van der Waals surface area contributed by atoms with Gasteiger partial charge < -0.3 is 15.5 Å². The molecule has 1 fully saturated rings. The van der Waals surface area contributed by atoms with Gasteiger partial charge in [0.2, 0.25) is 5.91 Å². The van der Waals surface area contributed by atoms with Crippen molar-refractivity contribution >= 4 is 11.6 Å². The third kappa shape index (κ3) is 4.14. The number of nitrogens with zero attached hydrogens (tertiary/aromatic N) is 2. The van der Waals surface area contributed by atoms with Gasteiger partial charge in [-0.1, -0.05) is 30.3 Å². The standard InChI is InChI=1S/C19H21F2N3O/c20-15-6-7-16(21)18(13-15)23-8-10-24(11-9-23)19(25)17(22)12-14-4-2-1-3-5-14/h1-7,13,17H,8-12,22H2. The lowest BCUT2D eigenvalue weighted by molar-refractivity contribution is -0.132. The molecule has 6 heteroatoms. The van der Waals surface area contributed by atoms with Crippen LogP contribution in [0.2, 0.25) is 0 Å². The Hall–Kier alpha value is -2.47. The lowest BCUT2D eigenvalue weighted by Gasteiger charge is -2.37. The van der Waals surface area contributed by atoms with E-state index in [9.17, 15) is 13.6 Å². The van der Waals surface area contributed by atoms with Crippen LogP contribution >= 0.6 is 0 Å². The summed E-state index contributed by atoms with van der Waals surface area (Å²) >= 11 is 0. The summed E-state index contributed by atoms with van der Waals surface area (Å²) < 4.78 is 27.2. The molecule has 1 saturated heterocycles. The smallest absolute Gasteiger partial charge is 0.239 e. The molecule has 2 aromatic carbocycles. The maximum Gasteiger partial charge on any atom is 0.239 e. The van der Waals surface area contributed by atoms with Gasteiger partial charge in [-0.15, -0.1) is 0 Å². The molecule has 25 heavy (non-hydrogen) atoms. The number of nitrogens with two attached hydrogens (primary N) is 1. The van der Waals surface area contributed by atoms with Crippen LogP contribution in [0.1, 0.15) is 5.56 Å². The summed E-state index contributed by atoms with van der Waals surface area (Å²) in [7, 11) is 0. The van der Waals surface area contributed by atoms with Crippen LogP contribution in [-0.2, 0) is 11.2 Å². The van der Waals surface area contributed by atoms with E-state index in [0.29, 0.717) is 32.6 Å². The molecule has 1 heterocycles. The third-order valence-electron chi connectivity index (χ3n) is 4.46. The fourth-order valence-corrected chi connectivity index (χ4v) is 3.09. The second kappa shape index (κ2) is 7.61. The predicted molar refractivity (Wildman–Crippen MR) is 93.3 cm³/mol. The van der Waals surface area contributed by atoms with Crippen molar-refractivity contribution in [3.05, 3.63) is 65.7 Å². The summed E-state index contributed by atoms with van der Waals surface area (Å²) in [4.78, 5) is 16.0. The van der Waals surface area contributed by atoms with Crippen LogP contribution in [0.25, 0.3) is 0 Å². The molecule has 1 aliphatic rings. The second-order valence-corrected chi connectivity index (χ2v) is 6.20. The highest BCUT2D eigenvalue weighted by Crippen LogP contribution is 2.22. The van der Waals surface area contributed by atoms with Crippen molar-refractivity contribution in [2.45, 2.75) is 12.5 Å². The lowest BCUT2D eigenvalue weighted by atomic mass is 10.1. The number of piperazine rings is 1. The molecule has 1 atom stereocenters. The van der Waals surface area contributed by atoms with Gasteiger partial charge >= 0.3 is 0 Å². The zero-order valence-corrected chi connectivity index (χ0v) is 13.9. The Balaban J connectivity index is 1.58. The lowest BCUT2D eigenvalue weighted by Crippen LogP contribution is -2.53. The molecule has 0 aromatic heterocycles. The molecule has 2 aromatic rings. The molecule has 0 saturated carbocycles. The van der Waals surface area contributed by atoms with Gasteiger partial charge in [-0.25, -0.2) is 8.78 Å². The number of carbonyl (C=O) groups is 1. The number of halogens is 2. The first-order valence-corrected chi connectivity index (χ1v) is 8.33. The summed E-state index contributed by atoms with van der Waals surface area (Å²) in [5, 5.41) is 0. The van der Waals surface area contributed by atoms with E-state index in [1.54, 1.807) is 9.80 Å². The van der Waals surface area contributed by atoms with Crippen LogP contribution in [0, 0.1) is 11.6 Å². The molecular weight excluding hydrogens is 324 g/mol. The number of carbonyl (C=O) groups excluding carboxylic acids is 1. The molecule has 1 unspecified atom stereocenters. The Morgan fingerprint density at radius 3 is 2.40 bits per heavy atom. The van der Waals surface area contributed by atoms with E-state index in [-0.39, 0.29) is 11.6 Å². The Kier molecular flexibility index (Phi) is 5.28. The average molecular weight is 345 g/mol. The molecule has 3 rings (SSSR count). The first-order chi connectivity index (χ1) is 12.0. The van der Waals surface area contributed by atoms with Crippen molar-refractivity contribution in [3.8, 4) is 0 Å². The highest BCUT2D eigenvalue weighted by molar-refractivity contribution is 5.82. The summed E-state index contributed by atoms with van der Waals surface area (Å²) in [6.45, 7) is 1.78. The van der Waals surface area contributed by atoms with E-state index in [4.69, 9.17) is 5.73 Å². The van der Waals surface area contributed by atoms with Crippen molar-refractivity contribution in [1.29, 1.82) is 0 Å². The molecule has 2 N–H and O–H groups in total. The van der Waals surface area contributed by atoms with E-state index in [1.807, 2.05) is 30.3 Å². The van der Waals surface area contributed by atoms with E-state index in [1.165, 1.54) is 6.07 Å². The molecule has 0 bridgehead atoms. The van der Waals surface area contributed by atoms with Crippen molar-refractivity contribution in [1.82, 2.24) is 4.90 Å². The second-order valence-electron chi connectivity index (χ2n) is 6.20. The van der Waals surface area contributed by atoms with Gasteiger partial charge in [0.1, 0.15) is 11.6 Å². The molecule has 0 radical (unpaired) electrons. The number of rotatable bonds is 4. The number of anilines is 1. The average Bonchev–Trinajstić information content (AvgIpc) is 2.64. The van der Waals surface area contributed by atoms with Crippen molar-refractivity contribution in [2.24, 2.45) is 5.73 Å². The van der Waals surface area contributed by atoms with E-state index >= 15 is 0 Å². The molecule has 4 nitrogen and oxygen atoms in total. The first kappa shape index (κ1) is 17.4. The first-order valence-electron chi connectivity index (χ1n) is 8.33. The van der Waals surface area contributed by atoms with E-state index < -0.39 is 17.7 Å². The number of benzene rings is 2. The van der Waals surface area contributed by atoms with Crippen molar-refractivity contribution < 1.29 is 13.6 Å². The van der Waals surface area contributed by atoms with Crippen molar-refractivity contribution in [2.75, 3.05) is 31.1 Å². The van der Waals surface area contributed by atoms with Crippen molar-refractivity contribution in [3.63, 3.8) is 0 Å². The number of hydrogen-bond donors (Lipinski definition) is 1. The molecule has 1 amide bonds. The molecule has 0 aliphatic carbocycles. The molecule has 0 spiro atoms. The molecule has 1 aliphatic heterocycles. The number of hydrogen-bond acceptors (Lipinski definition) is 3. The molecule has 132 valence electrons. The fourth-order valence-electron chi connectivity index (χ4n) is 3.09. The van der Waals surface area contributed by atoms with Crippen LogP contribution in [0.15, 0.2) is 48.5 Å². The van der Waals surface area contributed by atoms with Gasteiger partial charge in [0.25, 0.3) is 0 Å². The minimum absolute atomic E-state index is 0.108. The van der Waals surface area contributed by atoms with Crippen LogP contribution in [-0.4, -0.2) is 43.0 Å². The van der Waals surface area contributed by atoms with Gasteiger partial charge in [-0.2, -0.15) is 0 Å². The monoisotopic (exact) mass is 345 g/mol. The Morgan fingerprint density at radius 1 is 1.04 bits per heavy atom. The van der Waals surface area contributed by atoms with Gasteiger partial charge in [0.15, 0.2) is 0 Å². The Labute approximate surface area is 145 Å². The topological polar surface area (TPSA) is 49.6 Å². The largest absolute Gasteiger partial charge is 0.366 e. The van der Waals surface area contributed by atoms with Crippen LogP contribution in [0.3, 0.4) is 0 Å². The minimum atomic E-state index is -0.597. The zero-order chi connectivity index (χ0) is 17.8. The Morgan fingerprint density at radius 2 is 1.72 bits per heavy atom. The summed E-state index contributed by atoms with van der Waals surface area (Å²) in [6.07, 6.45) is 0.485. The minimum Gasteiger partial charge on any atom is -0.366 e. The van der Waals surface area contributed by atoms with Gasteiger partial charge in [-0.05, 0) is 24.1 Å². The summed E-state index contributed by atoms with van der Waals surface area (Å²) in [5.41, 5.74) is 7.31. The Bertz CT molecular complexity index is 731. The van der Waals surface area contributed by atoms with Crippen LogP contribution < -0.4 is 10.6 Å². The fraction of sp³-hybridized carbons (Fsp3) is 0.316. The number of amides is 1. The third-order valence-corrected chi connectivity index (χ3v) is 4.46. The van der Waals surface area contributed by atoms with Crippen LogP contribution in [0.4, 0.5) is 14.5 Å². The highest BCUT2D eigenvalue weighted by Gasteiger charge is 2.26. The van der Waals surface area contributed by atoms with E-state index in [0.717, 1.165) is 17.7 Å². The van der Waals surface area contributed by atoms with Crippen LogP contribution in [0.5, 0.6) is 0 Å². The summed E-state index contributed by atoms with van der Waals surface area (Å²) in [5.74, 6) is -1.04. The van der Waals surface area contributed by atoms with Gasteiger partial charge in [0, 0.05) is 32.2 Å². The highest BCUT2D eigenvalue weighted by atomic mass is 19.1. The zero-order valence-electron chi connectivity index (χ0n) is 13.9. The SMILES string of the molecule is NC(Cc1ccccc1)C(=O)N1CCN(c2cc(F)ccc2F)CC1. The summed E-state index contributed by atoms with van der Waals surface area (Å²) in [6, 6.07) is 12.4. The maximum absolute atomic E-state index is 13.9. The quantitative estimate of drug-likeness (QED) is 0.924. The van der Waals surface area contributed by atoms with Gasteiger partial charge in [0.05, 0.1) is 11.7 Å². The normalized spacial score (nSPS) is 16.0. The van der Waals surface area contributed by atoms with Gasteiger partial charge in [-0.3, -0.25) is 4.79 Å².